The van der Waals surface area contributed by atoms with Gasteiger partial charge in [0.25, 0.3) is 0 Å². The molecule has 4 heteroatoms. The predicted molar refractivity (Wildman–Crippen MR) is 69.4 cm³/mol. The van der Waals surface area contributed by atoms with Gasteiger partial charge >= 0.3 is 0 Å². The van der Waals surface area contributed by atoms with E-state index in [1.807, 2.05) is 0 Å². The SMILES string of the molecule is C=CCN(CC=C)C(=O)C(C)NC(=O)C(C)C. The van der Waals surface area contributed by atoms with E-state index in [2.05, 4.69) is 18.5 Å². The van der Waals surface area contributed by atoms with E-state index in [9.17, 15) is 9.59 Å². The van der Waals surface area contributed by atoms with Crippen molar-refractivity contribution in [3.05, 3.63) is 25.3 Å². The molecule has 0 aliphatic rings. The van der Waals surface area contributed by atoms with Crippen molar-refractivity contribution in [3.63, 3.8) is 0 Å². The topological polar surface area (TPSA) is 49.4 Å². The molecule has 1 N–H and O–H groups in total. The Morgan fingerprint density at radius 3 is 2.00 bits per heavy atom. The number of rotatable bonds is 7. The molecule has 0 saturated heterocycles. The summed E-state index contributed by atoms with van der Waals surface area (Å²) < 4.78 is 0. The fourth-order valence-electron chi connectivity index (χ4n) is 1.28. The van der Waals surface area contributed by atoms with Crippen LogP contribution in [0.2, 0.25) is 0 Å². The first-order chi connectivity index (χ1) is 7.93. The molecule has 0 aromatic carbocycles. The van der Waals surface area contributed by atoms with Gasteiger partial charge in [-0.1, -0.05) is 26.0 Å². The van der Waals surface area contributed by atoms with Crippen LogP contribution in [-0.4, -0.2) is 35.8 Å². The summed E-state index contributed by atoms with van der Waals surface area (Å²) in [6.07, 6.45) is 3.30. The van der Waals surface area contributed by atoms with Gasteiger partial charge < -0.3 is 10.2 Å². The van der Waals surface area contributed by atoms with E-state index in [-0.39, 0.29) is 17.7 Å². The van der Waals surface area contributed by atoms with Crippen LogP contribution in [0.4, 0.5) is 0 Å². The molecule has 2 amide bonds. The molecule has 0 saturated carbocycles. The van der Waals surface area contributed by atoms with Gasteiger partial charge in [-0.3, -0.25) is 9.59 Å². The van der Waals surface area contributed by atoms with Crippen LogP contribution in [0.15, 0.2) is 25.3 Å². The molecule has 0 aromatic heterocycles. The molecule has 0 fully saturated rings. The van der Waals surface area contributed by atoms with Crippen LogP contribution in [0.3, 0.4) is 0 Å². The first-order valence-corrected chi connectivity index (χ1v) is 5.75. The maximum Gasteiger partial charge on any atom is 0.245 e. The van der Waals surface area contributed by atoms with Gasteiger partial charge in [0.2, 0.25) is 11.8 Å². The summed E-state index contributed by atoms with van der Waals surface area (Å²) in [5, 5.41) is 2.68. The van der Waals surface area contributed by atoms with Crippen LogP contribution in [-0.2, 0) is 9.59 Å². The third-order valence-corrected chi connectivity index (χ3v) is 2.26. The van der Waals surface area contributed by atoms with Crippen molar-refractivity contribution in [3.8, 4) is 0 Å². The Morgan fingerprint density at radius 2 is 1.65 bits per heavy atom. The zero-order chi connectivity index (χ0) is 13.4. The lowest BCUT2D eigenvalue weighted by Crippen LogP contribution is -2.48. The highest BCUT2D eigenvalue weighted by atomic mass is 16.2. The molecule has 0 spiro atoms. The van der Waals surface area contributed by atoms with Gasteiger partial charge in [0.15, 0.2) is 0 Å². The zero-order valence-corrected chi connectivity index (χ0v) is 10.9. The lowest BCUT2D eigenvalue weighted by Gasteiger charge is -2.24. The van der Waals surface area contributed by atoms with Crippen LogP contribution in [0.5, 0.6) is 0 Å². The minimum absolute atomic E-state index is 0.122. The Hall–Kier alpha value is -1.58. The number of nitrogens with zero attached hydrogens (tertiary/aromatic N) is 1. The summed E-state index contributed by atoms with van der Waals surface area (Å²) in [5.74, 6) is -0.376. The molecule has 1 atom stereocenters. The molecule has 0 radical (unpaired) electrons. The normalized spacial score (nSPS) is 11.8. The molecule has 1 unspecified atom stereocenters. The third-order valence-electron chi connectivity index (χ3n) is 2.26. The van der Waals surface area contributed by atoms with Crippen LogP contribution >= 0.6 is 0 Å². The smallest absolute Gasteiger partial charge is 0.245 e. The second kappa shape index (κ2) is 7.65. The highest BCUT2D eigenvalue weighted by molar-refractivity contribution is 5.88. The van der Waals surface area contributed by atoms with Crippen LogP contribution < -0.4 is 5.32 Å². The van der Waals surface area contributed by atoms with Gasteiger partial charge in [0.05, 0.1) is 0 Å². The largest absolute Gasteiger partial charge is 0.344 e. The van der Waals surface area contributed by atoms with Gasteiger partial charge in [0, 0.05) is 19.0 Å². The van der Waals surface area contributed by atoms with E-state index in [0.29, 0.717) is 13.1 Å². The molecule has 0 bridgehead atoms. The zero-order valence-electron chi connectivity index (χ0n) is 10.9. The van der Waals surface area contributed by atoms with Crippen molar-refractivity contribution in [1.29, 1.82) is 0 Å². The third kappa shape index (κ3) is 5.33. The minimum Gasteiger partial charge on any atom is -0.344 e. The maximum absolute atomic E-state index is 12.0. The van der Waals surface area contributed by atoms with E-state index in [1.165, 1.54) is 0 Å². The fourth-order valence-corrected chi connectivity index (χ4v) is 1.28. The highest BCUT2D eigenvalue weighted by Crippen LogP contribution is 1.99. The average molecular weight is 238 g/mol. The van der Waals surface area contributed by atoms with Crippen LogP contribution in [0.25, 0.3) is 0 Å². The number of carbonyl (C=O) groups is 2. The van der Waals surface area contributed by atoms with E-state index < -0.39 is 6.04 Å². The molecule has 4 nitrogen and oxygen atoms in total. The summed E-state index contributed by atoms with van der Waals surface area (Å²) in [4.78, 5) is 25.1. The van der Waals surface area contributed by atoms with Crippen molar-refractivity contribution in [1.82, 2.24) is 10.2 Å². The van der Waals surface area contributed by atoms with Crippen LogP contribution in [0.1, 0.15) is 20.8 Å². The summed E-state index contributed by atoms with van der Waals surface area (Å²) in [7, 11) is 0. The molecule has 0 rings (SSSR count). The summed E-state index contributed by atoms with van der Waals surface area (Å²) in [6.45, 7) is 13.4. The Balaban J connectivity index is 4.48. The van der Waals surface area contributed by atoms with E-state index >= 15 is 0 Å². The van der Waals surface area contributed by atoms with Gasteiger partial charge in [-0.05, 0) is 6.92 Å². The molecule has 0 heterocycles. The Morgan fingerprint density at radius 1 is 1.18 bits per heavy atom. The van der Waals surface area contributed by atoms with Crippen molar-refractivity contribution in [2.75, 3.05) is 13.1 Å². The number of amides is 2. The van der Waals surface area contributed by atoms with Crippen molar-refractivity contribution >= 4 is 11.8 Å². The quantitative estimate of drug-likeness (QED) is 0.681. The van der Waals surface area contributed by atoms with Gasteiger partial charge in [-0.25, -0.2) is 0 Å². The molecular weight excluding hydrogens is 216 g/mol. The minimum atomic E-state index is -0.523. The molecule has 0 aromatic rings. The second-order valence-electron chi connectivity index (χ2n) is 4.21. The number of carbonyl (C=O) groups excluding carboxylic acids is 2. The first kappa shape index (κ1) is 15.4. The van der Waals surface area contributed by atoms with E-state index in [4.69, 9.17) is 0 Å². The molecule has 17 heavy (non-hydrogen) atoms. The lowest BCUT2D eigenvalue weighted by molar-refractivity contribution is -0.135. The molecule has 96 valence electrons. The van der Waals surface area contributed by atoms with E-state index in [0.717, 1.165) is 0 Å². The Bertz CT molecular complexity index is 288. The number of nitrogens with one attached hydrogen (secondary N) is 1. The Labute approximate surface area is 103 Å². The van der Waals surface area contributed by atoms with Gasteiger partial charge in [-0.15, -0.1) is 13.2 Å². The molecular formula is C13H22N2O2. The number of hydrogen-bond acceptors (Lipinski definition) is 2. The van der Waals surface area contributed by atoms with Crippen LogP contribution in [0, 0.1) is 5.92 Å². The van der Waals surface area contributed by atoms with Crippen molar-refractivity contribution < 1.29 is 9.59 Å². The van der Waals surface area contributed by atoms with Gasteiger partial charge in [0.1, 0.15) is 6.04 Å². The van der Waals surface area contributed by atoms with Crippen molar-refractivity contribution in [2.45, 2.75) is 26.8 Å². The average Bonchev–Trinajstić information content (AvgIpc) is 2.27. The maximum atomic E-state index is 12.0. The fraction of sp³-hybridized carbons (Fsp3) is 0.538. The predicted octanol–water partition coefficient (Wildman–Crippen LogP) is 1.35. The summed E-state index contributed by atoms with van der Waals surface area (Å²) in [6, 6.07) is -0.523. The second-order valence-corrected chi connectivity index (χ2v) is 4.21. The Kier molecular flexibility index (Phi) is 6.94. The first-order valence-electron chi connectivity index (χ1n) is 5.75. The standard InChI is InChI=1S/C13H22N2O2/c1-6-8-15(9-7-2)13(17)11(5)14-12(16)10(3)4/h6-7,10-11H,1-2,8-9H2,3-5H3,(H,14,16). The van der Waals surface area contributed by atoms with Gasteiger partial charge in [-0.2, -0.15) is 0 Å². The van der Waals surface area contributed by atoms with Crippen molar-refractivity contribution in [2.24, 2.45) is 5.92 Å². The van der Waals surface area contributed by atoms with E-state index in [1.54, 1.807) is 37.8 Å². The summed E-state index contributed by atoms with van der Waals surface area (Å²) >= 11 is 0. The highest BCUT2D eigenvalue weighted by Gasteiger charge is 2.21. The lowest BCUT2D eigenvalue weighted by atomic mass is 10.2. The molecule has 0 aliphatic heterocycles. The summed E-state index contributed by atoms with van der Waals surface area (Å²) in [5.41, 5.74) is 0. The molecule has 0 aliphatic carbocycles. The number of hydrogen-bond donors (Lipinski definition) is 1. The monoisotopic (exact) mass is 238 g/mol.